The summed E-state index contributed by atoms with van der Waals surface area (Å²) in [5.74, 6) is 0.914. The van der Waals surface area contributed by atoms with E-state index in [-0.39, 0.29) is 12.1 Å². The molecule has 20 heavy (non-hydrogen) atoms. The molecular formula is C14H16N4O2. The molecule has 0 saturated carbocycles. The molecule has 3 rings (SSSR count). The Morgan fingerprint density at radius 1 is 1.35 bits per heavy atom. The Bertz CT molecular complexity index is 558. The SMILES string of the molecule is O=C(NCc1ccn[nH]1)NCC1Cc2ccccc2O1. The van der Waals surface area contributed by atoms with Crippen molar-refractivity contribution in [3.8, 4) is 5.75 Å². The molecule has 2 amide bonds. The molecule has 6 heteroatoms. The fourth-order valence-electron chi connectivity index (χ4n) is 2.20. The van der Waals surface area contributed by atoms with Crippen molar-refractivity contribution in [1.29, 1.82) is 0 Å². The summed E-state index contributed by atoms with van der Waals surface area (Å²) in [5.41, 5.74) is 2.06. The first-order valence-electron chi connectivity index (χ1n) is 6.56. The highest BCUT2D eigenvalue weighted by molar-refractivity contribution is 5.73. The number of fused-ring (bicyclic) bond motifs is 1. The van der Waals surface area contributed by atoms with Crippen molar-refractivity contribution < 1.29 is 9.53 Å². The lowest BCUT2D eigenvalue weighted by Crippen LogP contribution is -2.40. The number of hydrogen-bond donors (Lipinski definition) is 3. The number of nitrogens with zero attached hydrogens (tertiary/aromatic N) is 1. The van der Waals surface area contributed by atoms with Crippen molar-refractivity contribution in [2.75, 3.05) is 6.54 Å². The molecule has 3 N–H and O–H groups in total. The number of amides is 2. The molecule has 0 saturated heterocycles. The summed E-state index contributed by atoms with van der Waals surface area (Å²) in [5, 5.41) is 12.2. The van der Waals surface area contributed by atoms with Crippen molar-refractivity contribution in [3.63, 3.8) is 0 Å². The zero-order valence-corrected chi connectivity index (χ0v) is 10.9. The monoisotopic (exact) mass is 272 g/mol. The predicted octanol–water partition coefficient (Wildman–Crippen LogP) is 1.21. The van der Waals surface area contributed by atoms with Gasteiger partial charge in [0.05, 0.1) is 18.8 Å². The van der Waals surface area contributed by atoms with Crippen LogP contribution in [0.1, 0.15) is 11.3 Å². The van der Waals surface area contributed by atoms with Gasteiger partial charge < -0.3 is 15.4 Å². The Hall–Kier alpha value is -2.50. The van der Waals surface area contributed by atoms with Gasteiger partial charge in [0, 0.05) is 12.6 Å². The van der Waals surface area contributed by atoms with Gasteiger partial charge in [0.25, 0.3) is 0 Å². The van der Waals surface area contributed by atoms with E-state index in [0.29, 0.717) is 13.1 Å². The average molecular weight is 272 g/mol. The van der Waals surface area contributed by atoms with E-state index in [1.54, 1.807) is 6.20 Å². The number of benzene rings is 1. The number of para-hydroxylation sites is 1. The summed E-state index contributed by atoms with van der Waals surface area (Å²) in [6, 6.07) is 9.55. The fraction of sp³-hybridized carbons (Fsp3) is 0.286. The van der Waals surface area contributed by atoms with E-state index in [1.807, 2.05) is 30.3 Å². The average Bonchev–Trinajstić information content (AvgIpc) is 3.11. The summed E-state index contributed by atoms with van der Waals surface area (Å²) < 4.78 is 5.75. The topological polar surface area (TPSA) is 79.0 Å². The van der Waals surface area contributed by atoms with Gasteiger partial charge in [0.2, 0.25) is 0 Å². The van der Waals surface area contributed by atoms with Gasteiger partial charge in [0.1, 0.15) is 11.9 Å². The van der Waals surface area contributed by atoms with Crippen LogP contribution in [-0.4, -0.2) is 28.9 Å². The molecule has 2 heterocycles. The molecule has 0 spiro atoms. The van der Waals surface area contributed by atoms with Crippen LogP contribution >= 0.6 is 0 Å². The summed E-state index contributed by atoms with van der Waals surface area (Å²) in [6.07, 6.45) is 2.49. The Morgan fingerprint density at radius 3 is 3.05 bits per heavy atom. The van der Waals surface area contributed by atoms with Crippen LogP contribution in [0.3, 0.4) is 0 Å². The third kappa shape index (κ3) is 2.90. The summed E-state index contributed by atoms with van der Waals surface area (Å²) >= 11 is 0. The lowest BCUT2D eigenvalue weighted by molar-refractivity contribution is 0.213. The predicted molar refractivity (Wildman–Crippen MR) is 73.4 cm³/mol. The molecule has 1 aromatic heterocycles. The number of rotatable bonds is 4. The number of ether oxygens (including phenoxy) is 1. The summed E-state index contributed by atoms with van der Waals surface area (Å²) in [7, 11) is 0. The maximum absolute atomic E-state index is 11.7. The van der Waals surface area contributed by atoms with Crippen LogP contribution in [0.2, 0.25) is 0 Å². The first-order valence-corrected chi connectivity index (χ1v) is 6.56. The van der Waals surface area contributed by atoms with E-state index in [4.69, 9.17) is 4.74 Å². The fourth-order valence-corrected chi connectivity index (χ4v) is 2.20. The molecule has 2 aromatic rings. The number of nitrogens with one attached hydrogen (secondary N) is 3. The van der Waals surface area contributed by atoms with Crippen molar-refractivity contribution in [2.45, 2.75) is 19.1 Å². The molecule has 0 bridgehead atoms. The minimum Gasteiger partial charge on any atom is -0.488 e. The Kier molecular flexibility index (Phi) is 3.54. The molecule has 104 valence electrons. The van der Waals surface area contributed by atoms with E-state index < -0.39 is 0 Å². The first kappa shape index (κ1) is 12.5. The highest BCUT2D eigenvalue weighted by atomic mass is 16.5. The third-order valence-corrected chi connectivity index (χ3v) is 3.20. The number of hydrogen-bond acceptors (Lipinski definition) is 3. The van der Waals surface area contributed by atoms with Gasteiger partial charge in [-0.15, -0.1) is 0 Å². The number of aromatic amines is 1. The lowest BCUT2D eigenvalue weighted by atomic mass is 10.1. The van der Waals surface area contributed by atoms with E-state index in [1.165, 1.54) is 5.56 Å². The molecule has 1 aliphatic heterocycles. The van der Waals surface area contributed by atoms with Crippen LogP contribution in [0.4, 0.5) is 4.79 Å². The summed E-state index contributed by atoms with van der Waals surface area (Å²) in [4.78, 5) is 11.7. The molecule has 1 unspecified atom stereocenters. The normalized spacial score (nSPS) is 16.3. The Morgan fingerprint density at radius 2 is 2.25 bits per heavy atom. The molecule has 1 aromatic carbocycles. The molecule has 0 fully saturated rings. The molecule has 1 atom stereocenters. The van der Waals surface area contributed by atoms with Crippen LogP contribution < -0.4 is 15.4 Å². The minimum atomic E-state index is -0.209. The third-order valence-electron chi connectivity index (χ3n) is 3.20. The maximum Gasteiger partial charge on any atom is 0.315 e. The second-order valence-corrected chi connectivity index (χ2v) is 4.70. The largest absolute Gasteiger partial charge is 0.488 e. The highest BCUT2D eigenvalue weighted by Gasteiger charge is 2.22. The number of aromatic nitrogens is 2. The molecule has 0 aliphatic carbocycles. The highest BCUT2D eigenvalue weighted by Crippen LogP contribution is 2.27. The quantitative estimate of drug-likeness (QED) is 0.782. The van der Waals surface area contributed by atoms with Gasteiger partial charge in [0.15, 0.2) is 0 Å². The lowest BCUT2D eigenvalue weighted by Gasteiger charge is -2.12. The van der Waals surface area contributed by atoms with E-state index in [2.05, 4.69) is 20.8 Å². The van der Waals surface area contributed by atoms with Gasteiger partial charge in [-0.05, 0) is 17.7 Å². The van der Waals surface area contributed by atoms with Crippen molar-refractivity contribution in [1.82, 2.24) is 20.8 Å². The minimum absolute atomic E-state index is 0.00491. The molecule has 1 aliphatic rings. The van der Waals surface area contributed by atoms with Crippen molar-refractivity contribution in [2.24, 2.45) is 0 Å². The van der Waals surface area contributed by atoms with Crippen LogP contribution in [0.25, 0.3) is 0 Å². The van der Waals surface area contributed by atoms with Gasteiger partial charge in [-0.3, -0.25) is 5.10 Å². The van der Waals surface area contributed by atoms with E-state index in [0.717, 1.165) is 17.9 Å². The van der Waals surface area contributed by atoms with Gasteiger partial charge in [-0.1, -0.05) is 18.2 Å². The zero-order chi connectivity index (χ0) is 13.8. The standard InChI is InChI=1S/C14H16N4O2/c19-14(15-8-11-5-6-17-18-11)16-9-12-7-10-3-1-2-4-13(10)20-12/h1-6,12H,7-9H2,(H,17,18)(H2,15,16,19). The van der Waals surface area contributed by atoms with E-state index in [9.17, 15) is 4.79 Å². The first-order chi connectivity index (χ1) is 9.81. The van der Waals surface area contributed by atoms with E-state index >= 15 is 0 Å². The smallest absolute Gasteiger partial charge is 0.315 e. The van der Waals surface area contributed by atoms with Crippen LogP contribution in [0, 0.1) is 0 Å². The number of carbonyl (C=O) groups is 1. The van der Waals surface area contributed by atoms with Gasteiger partial charge in [-0.25, -0.2) is 4.79 Å². The Balaban J connectivity index is 1.41. The van der Waals surface area contributed by atoms with Crippen molar-refractivity contribution in [3.05, 3.63) is 47.8 Å². The second-order valence-electron chi connectivity index (χ2n) is 4.70. The second kappa shape index (κ2) is 5.64. The zero-order valence-electron chi connectivity index (χ0n) is 10.9. The summed E-state index contributed by atoms with van der Waals surface area (Å²) in [6.45, 7) is 0.918. The van der Waals surface area contributed by atoms with Gasteiger partial charge in [-0.2, -0.15) is 5.10 Å². The maximum atomic E-state index is 11.7. The van der Waals surface area contributed by atoms with Crippen LogP contribution in [-0.2, 0) is 13.0 Å². The van der Waals surface area contributed by atoms with Crippen molar-refractivity contribution >= 4 is 6.03 Å². The number of H-pyrrole nitrogens is 1. The van der Waals surface area contributed by atoms with Crippen LogP contribution in [0.5, 0.6) is 5.75 Å². The number of carbonyl (C=O) groups excluding carboxylic acids is 1. The van der Waals surface area contributed by atoms with Gasteiger partial charge >= 0.3 is 6.03 Å². The molecular weight excluding hydrogens is 256 g/mol. The van der Waals surface area contributed by atoms with Crippen LogP contribution in [0.15, 0.2) is 36.5 Å². The Labute approximate surface area is 116 Å². The molecule has 6 nitrogen and oxygen atoms in total. The number of urea groups is 1. The molecule has 0 radical (unpaired) electrons.